The third kappa shape index (κ3) is 10.9. The van der Waals surface area contributed by atoms with Gasteiger partial charge in [0.25, 0.3) is 5.91 Å². The monoisotopic (exact) mass is 1130 g/mol. The van der Waals surface area contributed by atoms with Crippen molar-refractivity contribution in [3.63, 3.8) is 0 Å². The number of fused-ring (bicyclic) bond motifs is 8. The number of carbonyl (C=O) groups excluding carboxylic acids is 2. The number of methoxy groups -OCH3 is 2. The zero-order chi connectivity index (χ0) is 59.2. The number of rotatable bonds is 15. The lowest BCUT2D eigenvalue weighted by Gasteiger charge is -2.38. The third-order valence-corrected chi connectivity index (χ3v) is 18.0. The number of halogens is 3. The molecule has 9 aromatic carbocycles. The molecule has 2 aliphatic carbocycles. The lowest BCUT2D eigenvalue weighted by atomic mass is 9.75. The molecule has 9 aromatic rings. The lowest BCUT2D eigenvalue weighted by Crippen LogP contribution is -2.35. The largest absolute Gasteiger partial charge is 0.497 e. The number of anilines is 2. The minimum Gasteiger partial charge on any atom is -0.497 e. The van der Waals surface area contributed by atoms with E-state index in [0.29, 0.717) is 56.4 Å². The molecule has 2 amide bonds. The summed E-state index contributed by atoms with van der Waals surface area (Å²) < 4.78 is 63.5. The van der Waals surface area contributed by atoms with Crippen LogP contribution in [-0.2, 0) is 22.0 Å². The van der Waals surface area contributed by atoms with Crippen molar-refractivity contribution in [1.29, 1.82) is 0 Å². The normalized spacial score (nSPS) is 16.4. The van der Waals surface area contributed by atoms with Crippen LogP contribution in [0.4, 0.5) is 24.5 Å². The van der Waals surface area contributed by atoms with E-state index in [0.717, 1.165) is 78.7 Å². The van der Waals surface area contributed by atoms with Crippen LogP contribution in [-0.4, -0.2) is 26.0 Å². The van der Waals surface area contributed by atoms with Crippen molar-refractivity contribution < 1.29 is 37.0 Å². The topological polar surface area (TPSA) is 85.9 Å². The van der Waals surface area contributed by atoms with Gasteiger partial charge in [-0.05, 0) is 195 Å². The molecule has 2 N–H and O–H groups in total. The molecule has 10 heteroatoms. The number of alkyl halides is 3. The second kappa shape index (κ2) is 22.9. The summed E-state index contributed by atoms with van der Waals surface area (Å²) in [5.41, 5.74) is 11.8. The van der Waals surface area contributed by atoms with E-state index in [2.05, 4.69) is 67.8 Å². The standard InChI is InChI=1S/C75H69F3N2O5/c1-7-8-9-10-47-11-13-48(14-12-47)49-15-17-50(18-16-49)51-19-21-54(22-20-51)72(82)80-60-32-23-52(24-33-60)55-43-65(53-25-34-59(35-26-53)79-46(2)81)69-67(44-55)68-63-40-31-58(75(76,77)78)45-66(63)71-64(70(68)73(69,3)4)41-42-74(85-71,56-27-36-61(83-5)37-28-56)57-29-38-62(84-6)39-30-57/h15-45,47-48H,7-14H2,1-6H3,(H,79,81)(H,80,82). The molecule has 1 saturated carbocycles. The Kier molecular flexibility index (Phi) is 15.3. The minimum atomic E-state index is -4.65. The Bertz CT molecular complexity index is 3940. The predicted octanol–water partition coefficient (Wildman–Crippen LogP) is 19.6. The first-order valence-corrected chi connectivity index (χ1v) is 29.6. The Morgan fingerprint density at radius 2 is 1.15 bits per heavy atom. The maximum absolute atomic E-state index is 15.0. The molecule has 3 aliphatic rings. The van der Waals surface area contributed by atoms with Gasteiger partial charge in [-0.2, -0.15) is 13.2 Å². The molecule has 0 spiro atoms. The predicted molar refractivity (Wildman–Crippen MR) is 337 cm³/mol. The fraction of sp³-hybridized carbons (Fsp3) is 0.253. The summed E-state index contributed by atoms with van der Waals surface area (Å²) in [5.74, 6) is 2.69. The maximum atomic E-state index is 15.0. The molecule has 0 unspecified atom stereocenters. The molecule has 85 heavy (non-hydrogen) atoms. The highest BCUT2D eigenvalue weighted by atomic mass is 19.4. The van der Waals surface area contributed by atoms with Gasteiger partial charge in [-0.25, -0.2) is 0 Å². The summed E-state index contributed by atoms with van der Waals surface area (Å²) in [6.45, 7) is 8.07. The van der Waals surface area contributed by atoms with E-state index in [4.69, 9.17) is 14.2 Å². The number of nitrogens with one attached hydrogen (secondary N) is 2. The smallest absolute Gasteiger partial charge is 0.416 e. The zero-order valence-electron chi connectivity index (χ0n) is 48.9. The van der Waals surface area contributed by atoms with Gasteiger partial charge in [0.1, 0.15) is 17.2 Å². The quantitative estimate of drug-likeness (QED) is 0.0999. The maximum Gasteiger partial charge on any atom is 0.416 e. The summed E-state index contributed by atoms with van der Waals surface area (Å²) in [6, 6.07) is 55.5. The highest BCUT2D eigenvalue weighted by Crippen LogP contribution is 2.61. The average molecular weight is 1140 g/mol. The highest BCUT2D eigenvalue weighted by molar-refractivity contribution is 6.11. The first-order chi connectivity index (χ1) is 41.0. The van der Waals surface area contributed by atoms with E-state index in [-0.39, 0.29) is 11.8 Å². The Morgan fingerprint density at radius 1 is 0.600 bits per heavy atom. The molecule has 1 aliphatic heterocycles. The summed E-state index contributed by atoms with van der Waals surface area (Å²) >= 11 is 0. The number of unbranched alkanes of at least 4 members (excludes halogenated alkanes) is 2. The van der Waals surface area contributed by atoms with Crippen molar-refractivity contribution in [2.24, 2.45) is 5.92 Å². The molecular formula is C75H69F3N2O5. The number of ether oxygens (including phenoxy) is 3. The van der Waals surface area contributed by atoms with E-state index >= 15 is 13.2 Å². The second-order valence-corrected chi connectivity index (χ2v) is 23.7. The molecule has 7 nitrogen and oxygen atoms in total. The van der Waals surface area contributed by atoms with E-state index in [9.17, 15) is 9.59 Å². The molecule has 0 aromatic heterocycles. The van der Waals surface area contributed by atoms with Gasteiger partial charge < -0.3 is 24.8 Å². The number of hydrogen-bond donors (Lipinski definition) is 2. The number of carbonyl (C=O) groups is 2. The second-order valence-electron chi connectivity index (χ2n) is 23.7. The van der Waals surface area contributed by atoms with Gasteiger partial charge in [0, 0.05) is 51.4 Å². The molecule has 0 saturated heterocycles. The number of benzene rings is 9. The van der Waals surface area contributed by atoms with Crippen LogP contribution in [0.3, 0.4) is 0 Å². The SMILES string of the molecule is CCCCCC1CCC(c2ccc(-c3ccc(C(=O)Nc4ccc(-c5cc(-c6ccc(NC(C)=O)cc6)c6c(c5)-c5c(c7c(c8cc(C(F)(F)F)ccc58)OC(c5ccc(OC)cc5)(c5ccc(OC)cc5)C=C7)C6(C)C)cc4)cc3)cc2)CC1. The van der Waals surface area contributed by atoms with Crippen molar-refractivity contribution >= 4 is 40.0 Å². The zero-order valence-corrected chi connectivity index (χ0v) is 48.9. The van der Waals surface area contributed by atoms with Crippen molar-refractivity contribution in [3.05, 3.63) is 227 Å². The Morgan fingerprint density at radius 3 is 1.73 bits per heavy atom. The van der Waals surface area contributed by atoms with Crippen LogP contribution in [0, 0.1) is 5.92 Å². The van der Waals surface area contributed by atoms with E-state index in [1.165, 1.54) is 69.9 Å². The van der Waals surface area contributed by atoms with Crippen LogP contribution in [0.1, 0.15) is 134 Å². The average Bonchev–Trinajstić information content (AvgIpc) is 1.60. The summed E-state index contributed by atoms with van der Waals surface area (Å²) in [6.07, 6.45) is 9.89. The van der Waals surface area contributed by atoms with Gasteiger partial charge in [-0.3, -0.25) is 9.59 Å². The molecule has 0 bridgehead atoms. The Hall–Kier alpha value is -8.89. The van der Waals surface area contributed by atoms with Crippen LogP contribution >= 0.6 is 0 Å². The van der Waals surface area contributed by atoms with Crippen LogP contribution < -0.4 is 24.8 Å². The van der Waals surface area contributed by atoms with Gasteiger partial charge in [0.05, 0.1) is 19.8 Å². The summed E-state index contributed by atoms with van der Waals surface area (Å²) in [4.78, 5) is 26.0. The first kappa shape index (κ1) is 56.6. The van der Waals surface area contributed by atoms with E-state index in [1.807, 2.05) is 133 Å². The highest BCUT2D eigenvalue weighted by Gasteiger charge is 2.46. The van der Waals surface area contributed by atoms with E-state index < -0.39 is 22.8 Å². The fourth-order valence-electron chi connectivity index (χ4n) is 13.5. The van der Waals surface area contributed by atoms with Crippen molar-refractivity contribution in [3.8, 4) is 61.8 Å². The van der Waals surface area contributed by atoms with Gasteiger partial charge in [-0.15, -0.1) is 0 Å². The fourth-order valence-corrected chi connectivity index (χ4v) is 13.5. The van der Waals surface area contributed by atoms with Crippen molar-refractivity contribution in [2.45, 2.75) is 102 Å². The summed E-state index contributed by atoms with van der Waals surface area (Å²) in [7, 11) is 3.19. The lowest BCUT2D eigenvalue weighted by molar-refractivity contribution is -0.137. The van der Waals surface area contributed by atoms with Crippen LogP contribution in [0.15, 0.2) is 182 Å². The van der Waals surface area contributed by atoms with E-state index in [1.54, 1.807) is 20.3 Å². The Labute approximate surface area is 495 Å². The number of hydrogen-bond acceptors (Lipinski definition) is 5. The van der Waals surface area contributed by atoms with Crippen molar-refractivity contribution in [1.82, 2.24) is 0 Å². The first-order valence-electron chi connectivity index (χ1n) is 29.6. The minimum absolute atomic E-state index is 0.190. The van der Waals surface area contributed by atoms with Gasteiger partial charge in [0.2, 0.25) is 5.91 Å². The van der Waals surface area contributed by atoms with Crippen LogP contribution in [0.2, 0.25) is 0 Å². The number of amides is 2. The molecular weight excluding hydrogens is 1070 g/mol. The van der Waals surface area contributed by atoms with Crippen molar-refractivity contribution in [2.75, 3.05) is 24.9 Å². The Balaban J connectivity index is 0.898. The molecule has 430 valence electrons. The third-order valence-electron chi connectivity index (χ3n) is 18.0. The van der Waals surface area contributed by atoms with Crippen LogP contribution in [0.5, 0.6) is 17.2 Å². The van der Waals surface area contributed by atoms with Gasteiger partial charge >= 0.3 is 6.18 Å². The van der Waals surface area contributed by atoms with Crippen LogP contribution in [0.25, 0.3) is 61.4 Å². The molecule has 12 rings (SSSR count). The van der Waals surface area contributed by atoms with Gasteiger partial charge in [-0.1, -0.05) is 144 Å². The molecule has 0 atom stereocenters. The van der Waals surface area contributed by atoms with Gasteiger partial charge in [0.15, 0.2) is 5.60 Å². The summed E-state index contributed by atoms with van der Waals surface area (Å²) in [5, 5.41) is 6.91. The molecule has 1 heterocycles. The molecule has 1 fully saturated rings. The molecule has 0 radical (unpaired) electrons.